The van der Waals surface area contributed by atoms with E-state index in [9.17, 15) is 14.4 Å². The van der Waals surface area contributed by atoms with E-state index in [1.54, 1.807) is 31.7 Å². The number of benzene rings is 4. The van der Waals surface area contributed by atoms with Crippen LogP contribution in [0.2, 0.25) is 0 Å². The van der Waals surface area contributed by atoms with E-state index in [1.807, 2.05) is 97.1 Å². The summed E-state index contributed by atoms with van der Waals surface area (Å²) in [5.74, 6) is -0.702. The maximum absolute atomic E-state index is 14.8. The van der Waals surface area contributed by atoms with Gasteiger partial charge in [-0.05, 0) is 72.9 Å². The van der Waals surface area contributed by atoms with Gasteiger partial charge in [-0.25, -0.2) is 4.79 Å². The zero-order chi connectivity index (χ0) is 34.5. The molecule has 0 aliphatic heterocycles. The molecule has 3 amide bonds. The van der Waals surface area contributed by atoms with Gasteiger partial charge in [0.15, 0.2) is 0 Å². The number of rotatable bonds is 15. The molecule has 48 heavy (non-hydrogen) atoms. The average Bonchev–Trinajstić information content (AvgIpc) is 3.06. The Balaban J connectivity index is 1.76. The van der Waals surface area contributed by atoms with Gasteiger partial charge in [0.05, 0.1) is 0 Å². The van der Waals surface area contributed by atoms with Crippen molar-refractivity contribution in [2.45, 2.75) is 83.9 Å². The average molecular weight is 648 g/mol. The van der Waals surface area contributed by atoms with Crippen LogP contribution in [-0.4, -0.2) is 41.0 Å². The van der Waals surface area contributed by atoms with Gasteiger partial charge < -0.3 is 20.3 Å². The second kappa shape index (κ2) is 17.3. The smallest absolute Gasteiger partial charge is 0.408 e. The summed E-state index contributed by atoms with van der Waals surface area (Å²) in [4.78, 5) is 44.1. The number of carbonyl (C=O) groups is 3. The summed E-state index contributed by atoms with van der Waals surface area (Å²) in [5.41, 5.74) is 2.24. The van der Waals surface area contributed by atoms with Gasteiger partial charge in [-0.2, -0.15) is 0 Å². The Morgan fingerprint density at radius 1 is 0.833 bits per heavy atom. The van der Waals surface area contributed by atoms with Crippen molar-refractivity contribution in [2.24, 2.45) is 0 Å². The third kappa shape index (κ3) is 10.6. The van der Waals surface area contributed by atoms with Crippen LogP contribution in [0.5, 0.6) is 0 Å². The van der Waals surface area contributed by atoms with Crippen molar-refractivity contribution in [3.63, 3.8) is 0 Å². The normalized spacial score (nSPS) is 12.5. The molecule has 252 valence electrons. The van der Waals surface area contributed by atoms with Crippen LogP contribution >= 0.6 is 0 Å². The lowest BCUT2D eigenvalue weighted by atomic mass is 9.98. The van der Waals surface area contributed by atoms with E-state index in [0.717, 1.165) is 47.6 Å². The number of fused-ring (bicyclic) bond motifs is 1. The van der Waals surface area contributed by atoms with Crippen molar-refractivity contribution in [3.05, 3.63) is 120 Å². The van der Waals surface area contributed by atoms with E-state index in [0.29, 0.717) is 24.2 Å². The van der Waals surface area contributed by atoms with Gasteiger partial charge in [0.1, 0.15) is 17.7 Å². The summed E-state index contributed by atoms with van der Waals surface area (Å²) in [6.45, 7) is 11.8. The molecular weight excluding hydrogens is 598 g/mol. The van der Waals surface area contributed by atoms with E-state index in [1.165, 1.54) is 0 Å². The van der Waals surface area contributed by atoms with Crippen molar-refractivity contribution in [1.82, 2.24) is 10.2 Å². The van der Waals surface area contributed by atoms with Crippen molar-refractivity contribution < 1.29 is 19.1 Å². The summed E-state index contributed by atoms with van der Waals surface area (Å²) in [5, 5.41) is 8.01. The van der Waals surface area contributed by atoms with Crippen LogP contribution in [-0.2, 0) is 20.7 Å². The largest absolute Gasteiger partial charge is 0.444 e. The highest BCUT2D eigenvalue weighted by molar-refractivity contribution is 6.00. The molecule has 0 saturated heterocycles. The third-order valence-electron chi connectivity index (χ3n) is 8.10. The van der Waals surface area contributed by atoms with Gasteiger partial charge in [0.2, 0.25) is 5.91 Å². The number of anilines is 1. The predicted octanol–water partition coefficient (Wildman–Crippen LogP) is 9.10. The highest BCUT2D eigenvalue weighted by atomic mass is 16.6. The molecule has 0 aromatic heterocycles. The fraction of sp³-hybridized carbons (Fsp3) is 0.341. The van der Waals surface area contributed by atoms with Crippen LogP contribution < -0.4 is 10.6 Å². The first-order valence-corrected chi connectivity index (χ1v) is 16.9. The van der Waals surface area contributed by atoms with Crippen LogP contribution in [0.3, 0.4) is 0 Å². The van der Waals surface area contributed by atoms with Gasteiger partial charge in [0, 0.05) is 18.7 Å². The van der Waals surface area contributed by atoms with Crippen LogP contribution in [0, 0.1) is 0 Å². The molecule has 4 aromatic carbocycles. The maximum Gasteiger partial charge on any atom is 0.408 e. The van der Waals surface area contributed by atoms with Crippen molar-refractivity contribution in [2.75, 3.05) is 11.9 Å². The summed E-state index contributed by atoms with van der Waals surface area (Å²) < 4.78 is 5.59. The van der Waals surface area contributed by atoms with E-state index in [2.05, 4.69) is 24.1 Å². The lowest BCUT2D eigenvalue weighted by Gasteiger charge is -2.35. The topological polar surface area (TPSA) is 87.7 Å². The fourth-order valence-electron chi connectivity index (χ4n) is 5.76. The molecule has 2 N–H and O–H groups in total. The van der Waals surface area contributed by atoms with E-state index in [-0.39, 0.29) is 18.2 Å². The van der Waals surface area contributed by atoms with Crippen molar-refractivity contribution in [1.29, 1.82) is 0 Å². The lowest BCUT2D eigenvalue weighted by molar-refractivity contribution is -0.140. The third-order valence-corrected chi connectivity index (χ3v) is 8.10. The minimum absolute atomic E-state index is 0.233. The molecule has 2 unspecified atom stereocenters. The highest BCUT2D eigenvalue weighted by Crippen LogP contribution is 2.28. The first kappa shape index (κ1) is 35.9. The molecule has 0 aliphatic rings. The van der Waals surface area contributed by atoms with E-state index < -0.39 is 23.8 Å². The summed E-state index contributed by atoms with van der Waals surface area (Å²) in [6, 6.07) is 28.9. The number of nitrogens with zero attached hydrogens (tertiary/aromatic N) is 1. The van der Waals surface area contributed by atoms with Gasteiger partial charge >= 0.3 is 6.09 Å². The first-order chi connectivity index (χ1) is 23.1. The van der Waals surface area contributed by atoms with Gasteiger partial charge in [-0.3, -0.25) is 9.59 Å². The van der Waals surface area contributed by atoms with Crippen LogP contribution in [0.25, 0.3) is 16.8 Å². The SMILES string of the molecule is C=Cc1cccc(C(C(=O)Nc2ccc3ccccc3c2)N(CCCCCCC)C(=O)C(Cc2ccccc2)NC(=O)OC(C)(C)C)c1. The number of amides is 3. The number of alkyl carbamates (subject to hydrolysis) is 1. The molecule has 0 saturated carbocycles. The van der Waals surface area contributed by atoms with Crippen LogP contribution in [0.15, 0.2) is 104 Å². The lowest BCUT2D eigenvalue weighted by Crippen LogP contribution is -2.53. The molecule has 4 aromatic rings. The number of ether oxygens (including phenoxy) is 1. The fourth-order valence-corrected chi connectivity index (χ4v) is 5.76. The Morgan fingerprint density at radius 3 is 2.25 bits per heavy atom. The molecular formula is C41H49N3O4. The Kier molecular flexibility index (Phi) is 13.0. The highest BCUT2D eigenvalue weighted by Gasteiger charge is 2.36. The van der Waals surface area contributed by atoms with Crippen LogP contribution in [0.4, 0.5) is 10.5 Å². The van der Waals surface area contributed by atoms with Gasteiger partial charge in [-0.1, -0.05) is 124 Å². The van der Waals surface area contributed by atoms with E-state index >= 15 is 0 Å². The van der Waals surface area contributed by atoms with Crippen LogP contribution in [0.1, 0.15) is 82.5 Å². The molecule has 0 heterocycles. The molecule has 2 atom stereocenters. The summed E-state index contributed by atoms with van der Waals surface area (Å²) in [7, 11) is 0. The Bertz CT molecular complexity index is 1680. The first-order valence-electron chi connectivity index (χ1n) is 16.9. The molecule has 7 nitrogen and oxygen atoms in total. The predicted molar refractivity (Wildman–Crippen MR) is 196 cm³/mol. The number of hydrogen-bond acceptors (Lipinski definition) is 4. The molecule has 0 radical (unpaired) electrons. The van der Waals surface area contributed by atoms with Gasteiger partial charge in [0.25, 0.3) is 5.91 Å². The zero-order valence-electron chi connectivity index (χ0n) is 28.7. The number of unbranched alkanes of at least 4 members (excludes halogenated alkanes) is 4. The summed E-state index contributed by atoms with van der Waals surface area (Å²) >= 11 is 0. The van der Waals surface area contributed by atoms with E-state index in [4.69, 9.17) is 4.74 Å². The Morgan fingerprint density at radius 2 is 1.54 bits per heavy atom. The molecule has 0 bridgehead atoms. The standard InChI is InChI=1S/C41H49N3O4/c1-6-8-9-10-16-26-44(39(46)36(28-31-18-12-11-13-19-31)43-40(47)48-41(3,4)5)37(34-23-17-20-30(7-2)27-34)38(45)42-35-25-24-32-21-14-15-22-33(32)29-35/h7,11-15,17-25,27,29,36-37H,2,6,8-10,16,26,28H2,1,3-5H3,(H,42,45)(H,43,47). The molecule has 0 fully saturated rings. The van der Waals surface area contributed by atoms with Crippen molar-refractivity contribution in [3.8, 4) is 0 Å². The zero-order valence-corrected chi connectivity index (χ0v) is 28.7. The minimum Gasteiger partial charge on any atom is -0.444 e. The number of nitrogens with one attached hydrogen (secondary N) is 2. The second-order valence-corrected chi connectivity index (χ2v) is 13.2. The maximum atomic E-state index is 14.8. The molecule has 7 heteroatoms. The number of hydrogen-bond donors (Lipinski definition) is 2. The molecule has 0 spiro atoms. The minimum atomic E-state index is -0.978. The Hall–Kier alpha value is -4.91. The van der Waals surface area contributed by atoms with Crippen molar-refractivity contribution >= 4 is 40.4 Å². The second-order valence-electron chi connectivity index (χ2n) is 13.2. The number of carbonyl (C=O) groups excluding carboxylic acids is 3. The monoisotopic (exact) mass is 647 g/mol. The summed E-state index contributed by atoms with van der Waals surface area (Å²) in [6.07, 6.45) is 6.10. The molecule has 0 aliphatic carbocycles. The quantitative estimate of drug-likeness (QED) is 0.126. The Labute approximate surface area is 285 Å². The van der Waals surface area contributed by atoms with Gasteiger partial charge in [-0.15, -0.1) is 0 Å². The molecule has 4 rings (SSSR count).